The summed E-state index contributed by atoms with van der Waals surface area (Å²) in [5.41, 5.74) is 9.71. The predicted octanol–water partition coefficient (Wildman–Crippen LogP) is 3.60. The summed E-state index contributed by atoms with van der Waals surface area (Å²) >= 11 is 0. The second-order valence-electron chi connectivity index (χ2n) is 6.04. The van der Waals surface area contributed by atoms with Gasteiger partial charge in [-0.2, -0.15) is 0 Å². The number of hydrogen-bond acceptors (Lipinski definition) is 3. The van der Waals surface area contributed by atoms with Gasteiger partial charge in [-0.25, -0.2) is 0 Å². The van der Waals surface area contributed by atoms with Gasteiger partial charge < -0.3 is 14.9 Å². The summed E-state index contributed by atoms with van der Waals surface area (Å²) in [5.74, 6) is 1.95. The molecule has 3 rings (SSSR count). The van der Waals surface area contributed by atoms with Crippen LogP contribution in [0.1, 0.15) is 49.3 Å². The number of rotatable bonds is 3. The number of aryl methyl sites for hydroxylation is 1. The van der Waals surface area contributed by atoms with E-state index in [1.54, 1.807) is 6.26 Å². The van der Waals surface area contributed by atoms with Crippen LogP contribution in [0.4, 0.5) is 0 Å². The van der Waals surface area contributed by atoms with Crippen LogP contribution in [0.5, 0.6) is 5.75 Å². The van der Waals surface area contributed by atoms with E-state index in [-0.39, 0.29) is 11.6 Å². The molecule has 106 valence electrons. The van der Waals surface area contributed by atoms with Crippen molar-refractivity contribution in [3.05, 3.63) is 53.0 Å². The SMILES string of the molecule is CCc1occc1C(N)c1ccc2c(c1)CC(C)(C)O2. The van der Waals surface area contributed by atoms with Crippen molar-refractivity contribution in [2.45, 2.75) is 45.3 Å². The molecule has 2 N–H and O–H groups in total. The molecule has 0 fully saturated rings. The summed E-state index contributed by atoms with van der Waals surface area (Å²) < 4.78 is 11.4. The van der Waals surface area contributed by atoms with Gasteiger partial charge in [-0.05, 0) is 37.1 Å². The Hall–Kier alpha value is -1.74. The number of furan rings is 1. The monoisotopic (exact) mass is 271 g/mol. The topological polar surface area (TPSA) is 48.4 Å². The molecule has 20 heavy (non-hydrogen) atoms. The van der Waals surface area contributed by atoms with E-state index >= 15 is 0 Å². The van der Waals surface area contributed by atoms with Crippen molar-refractivity contribution in [1.29, 1.82) is 0 Å². The zero-order valence-corrected chi connectivity index (χ0v) is 12.3. The highest BCUT2D eigenvalue weighted by atomic mass is 16.5. The Bertz CT molecular complexity index is 628. The predicted molar refractivity (Wildman–Crippen MR) is 79.0 cm³/mol. The maximum atomic E-state index is 6.40. The summed E-state index contributed by atoms with van der Waals surface area (Å²) in [6, 6.07) is 8.08. The van der Waals surface area contributed by atoms with Crippen LogP contribution in [0.2, 0.25) is 0 Å². The molecule has 1 aromatic carbocycles. The van der Waals surface area contributed by atoms with Crippen molar-refractivity contribution in [2.75, 3.05) is 0 Å². The molecule has 0 saturated heterocycles. The van der Waals surface area contributed by atoms with Gasteiger partial charge in [0.2, 0.25) is 0 Å². The molecule has 0 radical (unpaired) electrons. The highest BCUT2D eigenvalue weighted by Crippen LogP contribution is 2.37. The quantitative estimate of drug-likeness (QED) is 0.927. The Labute approximate surface area is 119 Å². The summed E-state index contributed by atoms with van der Waals surface area (Å²) in [6.45, 7) is 6.30. The second kappa shape index (κ2) is 4.67. The van der Waals surface area contributed by atoms with Gasteiger partial charge in [0.25, 0.3) is 0 Å². The molecule has 3 nitrogen and oxygen atoms in total. The smallest absolute Gasteiger partial charge is 0.123 e. The third kappa shape index (κ3) is 2.22. The van der Waals surface area contributed by atoms with Gasteiger partial charge >= 0.3 is 0 Å². The lowest BCUT2D eigenvalue weighted by Crippen LogP contribution is -2.24. The number of ether oxygens (including phenoxy) is 1. The number of benzene rings is 1. The minimum atomic E-state index is -0.141. The zero-order valence-electron chi connectivity index (χ0n) is 12.3. The van der Waals surface area contributed by atoms with Gasteiger partial charge in [0, 0.05) is 18.4 Å². The van der Waals surface area contributed by atoms with Crippen LogP contribution in [0.3, 0.4) is 0 Å². The van der Waals surface area contributed by atoms with E-state index < -0.39 is 0 Å². The molecule has 1 atom stereocenters. The van der Waals surface area contributed by atoms with Gasteiger partial charge in [-0.15, -0.1) is 0 Å². The summed E-state index contributed by atoms with van der Waals surface area (Å²) in [4.78, 5) is 0. The van der Waals surface area contributed by atoms with Crippen molar-refractivity contribution in [2.24, 2.45) is 5.73 Å². The molecule has 0 aliphatic carbocycles. The highest BCUT2D eigenvalue weighted by Gasteiger charge is 2.30. The first-order valence-electron chi connectivity index (χ1n) is 7.14. The van der Waals surface area contributed by atoms with Crippen LogP contribution >= 0.6 is 0 Å². The molecule has 3 heteroatoms. The lowest BCUT2D eigenvalue weighted by molar-refractivity contribution is 0.138. The molecule has 1 aliphatic heterocycles. The van der Waals surface area contributed by atoms with Crippen LogP contribution in [0.25, 0.3) is 0 Å². The molecule has 1 aliphatic rings. The van der Waals surface area contributed by atoms with Crippen molar-refractivity contribution in [3.8, 4) is 5.75 Å². The van der Waals surface area contributed by atoms with Crippen molar-refractivity contribution < 1.29 is 9.15 Å². The fourth-order valence-corrected chi connectivity index (χ4v) is 2.92. The van der Waals surface area contributed by atoms with Crippen LogP contribution in [-0.2, 0) is 12.8 Å². The normalized spacial score (nSPS) is 17.6. The lowest BCUT2D eigenvalue weighted by Gasteiger charge is -2.16. The van der Waals surface area contributed by atoms with E-state index in [0.717, 1.165) is 35.5 Å². The molecule has 0 spiro atoms. The Morgan fingerprint density at radius 2 is 2.10 bits per heavy atom. The van der Waals surface area contributed by atoms with Crippen LogP contribution in [-0.4, -0.2) is 5.60 Å². The molecule has 2 aromatic rings. The standard InChI is InChI=1S/C17H21NO2/c1-4-14-13(7-8-19-14)16(18)11-5-6-15-12(9-11)10-17(2,3)20-15/h5-9,16H,4,10,18H2,1-3H3. The summed E-state index contributed by atoms with van der Waals surface area (Å²) in [7, 11) is 0. The van der Waals surface area contributed by atoms with Gasteiger partial charge in [0.05, 0.1) is 12.3 Å². The molecule has 1 aromatic heterocycles. The molecule has 2 heterocycles. The molecular weight excluding hydrogens is 250 g/mol. The van der Waals surface area contributed by atoms with Crippen molar-refractivity contribution in [1.82, 2.24) is 0 Å². The fourth-order valence-electron chi connectivity index (χ4n) is 2.92. The van der Waals surface area contributed by atoms with Gasteiger partial charge in [0.15, 0.2) is 0 Å². The number of fused-ring (bicyclic) bond motifs is 1. The Morgan fingerprint density at radius 1 is 1.30 bits per heavy atom. The highest BCUT2D eigenvalue weighted by molar-refractivity contribution is 5.45. The van der Waals surface area contributed by atoms with E-state index in [1.807, 2.05) is 12.1 Å². The second-order valence-corrected chi connectivity index (χ2v) is 6.04. The lowest BCUT2D eigenvalue weighted by atomic mass is 9.95. The van der Waals surface area contributed by atoms with Crippen molar-refractivity contribution >= 4 is 0 Å². The van der Waals surface area contributed by atoms with Gasteiger partial charge in [-0.1, -0.05) is 19.1 Å². The van der Waals surface area contributed by atoms with Crippen LogP contribution in [0.15, 0.2) is 34.9 Å². The first-order chi connectivity index (χ1) is 9.50. The Balaban J connectivity index is 1.93. The first-order valence-corrected chi connectivity index (χ1v) is 7.14. The van der Waals surface area contributed by atoms with E-state index in [0.29, 0.717) is 0 Å². The molecule has 1 unspecified atom stereocenters. The Kier molecular flexibility index (Phi) is 3.09. The molecule has 0 saturated carbocycles. The third-order valence-electron chi connectivity index (χ3n) is 3.88. The Morgan fingerprint density at radius 3 is 2.85 bits per heavy atom. The minimum absolute atomic E-state index is 0.116. The van der Waals surface area contributed by atoms with E-state index in [1.165, 1.54) is 5.56 Å². The number of hydrogen-bond donors (Lipinski definition) is 1. The average molecular weight is 271 g/mol. The van der Waals surface area contributed by atoms with Crippen LogP contribution < -0.4 is 10.5 Å². The first kappa shape index (κ1) is 13.3. The van der Waals surface area contributed by atoms with E-state index in [4.69, 9.17) is 14.9 Å². The molecule has 0 amide bonds. The van der Waals surface area contributed by atoms with Gasteiger partial charge in [0.1, 0.15) is 17.1 Å². The van der Waals surface area contributed by atoms with E-state index in [2.05, 4.69) is 32.9 Å². The summed E-state index contributed by atoms with van der Waals surface area (Å²) in [5, 5.41) is 0. The maximum Gasteiger partial charge on any atom is 0.123 e. The summed E-state index contributed by atoms with van der Waals surface area (Å²) in [6.07, 6.45) is 3.50. The molecule has 0 bridgehead atoms. The average Bonchev–Trinajstić information content (AvgIpc) is 2.98. The zero-order chi connectivity index (χ0) is 14.3. The number of nitrogens with two attached hydrogens (primary N) is 1. The third-order valence-corrected chi connectivity index (χ3v) is 3.88. The van der Waals surface area contributed by atoms with Crippen LogP contribution in [0, 0.1) is 0 Å². The largest absolute Gasteiger partial charge is 0.487 e. The van der Waals surface area contributed by atoms with Crippen molar-refractivity contribution in [3.63, 3.8) is 0 Å². The minimum Gasteiger partial charge on any atom is -0.487 e. The fraction of sp³-hybridized carbons (Fsp3) is 0.412. The van der Waals surface area contributed by atoms with Gasteiger partial charge in [-0.3, -0.25) is 0 Å². The maximum absolute atomic E-state index is 6.40. The van der Waals surface area contributed by atoms with E-state index in [9.17, 15) is 0 Å². The molecular formula is C17H21NO2.